The molecule has 9 rings (SSSR count). The normalized spacial score (nSPS) is 12.7. The number of halogens is 2. The van der Waals surface area contributed by atoms with Gasteiger partial charge in [0.2, 0.25) is 0 Å². The molecular weight excluding hydrogens is 934 g/mol. The molecular formula is C52H44I2N4. The van der Waals surface area contributed by atoms with E-state index in [0.717, 1.165) is 89.4 Å². The van der Waals surface area contributed by atoms with Crippen molar-refractivity contribution in [3.63, 3.8) is 0 Å². The van der Waals surface area contributed by atoms with Crippen molar-refractivity contribution in [3.05, 3.63) is 162 Å². The van der Waals surface area contributed by atoms with E-state index in [1.54, 1.807) is 0 Å². The average molecular weight is 979 g/mol. The lowest BCUT2D eigenvalue weighted by Crippen LogP contribution is -2.10. The molecule has 0 saturated heterocycles. The number of benzene rings is 4. The maximum absolute atomic E-state index is 5.48. The van der Waals surface area contributed by atoms with Crippen LogP contribution >= 0.6 is 45.2 Å². The van der Waals surface area contributed by atoms with Crippen LogP contribution in [0.2, 0.25) is 0 Å². The van der Waals surface area contributed by atoms with E-state index in [1.165, 1.54) is 18.3 Å². The number of rotatable bonds is 4. The molecule has 0 unspecified atom stereocenters. The Labute approximate surface area is 367 Å². The molecule has 0 radical (unpaired) electrons. The standard InChI is InChI=1S/C52H44I2N4/c1-51(2,3)35-17-13-31(14-18-35)47-39-21-25-43(55-39)49(33-9-7-11-37(53)29-33)45-27-23-41(57-45)48(32-15-19-36(20-16-32)52(4,5)6)42-24-28-46(58-42)50(44-26-22-40(47)56-44)34-10-8-12-38(54)30-34/h7-30,55-56H,1-6H3. The van der Waals surface area contributed by atoms with Gasteiger partial charge in [0.25, 0.3) is 0 Å². The number of nitrogens with one attached hydrogen (secondary N) is 2. The fourth-order valence-corrected chi connectivity index (χ4v) is 9.07. The van der Waals surface area contributed by atoms with Crippen LogP contribution in [0.25, 0.3) is 90.9 Å². The summed E-state index contributed by atoms with van der Waals surface area (Å²) in [6.07, 6.45) is 8.63. The van der Waals surface area contributed by atoms with E-state index in [4.69, 9.17) is 9.97 Å². The third-order valence-electron chi connectivity index (χ3n) is 11.1. The van der Waals surface area contributed by atoms with Crippen molar-refractivity contribution in [1.82, 2.24) is 19.9 Å². The zero-order valence-corrected chi connectivity index (χ0v) is 37.8. The van der Waals surface area contributed by atoms with Gasteiger partial charge in [-0.05, 0) is 162 Å². The minimum Gasteiger partial charge on any atom is -0.354 e. The van der Waals surface area contributed by atoms with Gasteiger partial charge in [-0.15, -0.1) is 0 Å². The van der Waals surface area contributed by atoms with E-state index in [2.05, 4.69) is 242 Å². The molecule has 58 heavy (non-hydrogen) atoms. The lowest BCUT2D eigenvalue weighted by Gasteiger charge is -2.19. The molecule has 4 aromatic carbocycles. The number of aromatic amines is 2. The maximum Gasteiger partial charge on any atom is 0.0738 e. The summed E-state index contributed by atoms with van der Waals surface area (Å²) in [5.41, 5.74) is 18.9. The fraction of sp³-hybridized carbons (Fsp3) is 0.154. The third-order valence-corrected chi connectivity index (χ3v) is 12.4. The van der Waals surface area contributed by atoms with Gasteiger partial charge in [-0.3, -0.25) is 0 Å². The molecule has 2 aliphatic rings. The second-order valence-electron chi connectivity index (χ2n) is 17.2. The predicted octanol–water partition coefficient (Wildman–Crippen LogP) is 15.1. The summed E-state index contributed by atoms with van der Waals surface area (Å²) in [6.45, 7) is 13.5. The summed E-state index contributed by atoms with van der Waals surface area (Å²) in [5, 5.41) is 0. The summed E-state index contributed by atoms with van der Waals surface area (Å²) in [5.74, 6) is 0. The number of H-pyrrole nitrogens is 2. The molecule has 3 aromatic heterocycles. The molecule has 0 amide bonds. The first-order valence-electron chi connectivity index (χ1n) is 19.7. The van der Waals surface area contributed by atoms with Crippen LogP contribution in [0.15, 0.2) is 121 Å². The van der Waals surface area contributed by atoms with Crippen molar-refractivity contribution in [2.24, 2.45) is 0 Å². The van der Waals surface area contributed by atoms with Gasteiger partial charge in [0, 0.05) is 51.5 Å². The van der Waals surface area contributed by atoms with Gasteiger partial charge in [-0.2, -0.15) is 0 Å². The van der Waals surface area contributed by atoms with Crippen LogP contribution in [0.1, 0.15) is 75.4 Å². The molecule has 2 N–H and O–H groups in total. The molecule has 6 heteroatoms. The van der Waals surface area contributed by atoms with Crippen LogP contribution in [-0.2, 0) is 10.8 Å². The lowest BCUT2D eigenvalue weighted by molar-refractivity contribution is 0.590. The van der Waals surface area contributed by atoms with E-state index >= 15 is 0 Å². The number of hydrogen-bond donors (Lipinski definition) is 2. The predicted molar refractivity (Wildman–Crippen MR) is 263 cm³/mol. The summed E-state index contributed by atoms with van der Waals surface area (Å²) >= 11 is 4.81. The second-order valence-corrected chi connectivity index (χ2v) is 19.7. The largest absolute Gasteiger partial charge is 0.354 e. The molecule has 0 fully saturated rings. The Kier molecular flexibility index (Phi) is 9.91. The van der Waals surface area contributed by atoms with Gasteiger partial charge in [0.1, 0.15) is 0 Å². The fourth-order valence-electron chi connectivity index (χ4n) is 7.98. The quantitative estimate of drug-likeness (QED) is 0.173. The van der Waals surface area contributed by atoms with Crippen molar-refractivity contribution in [1.29, 1.82) is 0 Å². The van der Waals surface area contributed by atoms with Gasteiger partial charge in [-0.1, -0.05) is 114 Å². The number of aromatic nitrogens is 4. The Hall–Kier alpha value is -5.06. The van der Waals surface area contributed by atoms with E-state index in [0.29, 0.717) is 0 Å². The average Bonchev–Trinajstić information content (AvgIpc) is 4.03. The zero-order chi connectivity index (χ0) is 40.3. The Morgan fingerprint density at radius 2 is 0.724 bits per heavy atom. The molecule has 0 atom stereocenters. The highest BCUT2D eigenvalue weighted by Crippen LogP contribution is 2.39. The number of hydrogen-bond acceptors (Lipinski definition) is 2. The van der Waals surface area contributed by atoms with Crippen LogP contribution in [-0.4, -0.2) is 19.9 Å². The third kappa shape index (κ3) is 7.41. The molecule has 7 aromatic rings. The van der Waals surface area contributed by atoms with Crippen molar-refractivity contribution < 1.29 is 0 Å². The summed E-state index contributed by atoms with van der Waals surface area (Å²) in [4.78, 5) is 18.8. The Bertz CT molecular complexity index is 2820. The van der Waals surface area contributed by atoms with Gasteiger partial charge < -0.3 is 9.97 Å². The van der Waals surface area contributed by atoms with E-state index < -0.39 is 0 Å². The number of fused-ring (bicyclic) bond motifs is 8. The van der Waals surface area contributed by atoms with Crippen molar-refractivity contribution in [3.8, 4) is 44.5 Å². The van der Waals surface area contributed by atoms with Gasteiger partial charge in [0.05, 0.1) is 22.8 Å². The highest BCUT2D eigenvalue weighted by molar-refractivity contribution is 14.1. The molecule has 0 saturated carbocycles. The lowest BCUT2D eigenvalue weighted by atomic mass is 9.86. The first-order valence-corrected chi connectivity index (χ1v) is 21.9. The molecule has 5 heterocycles. The Balaban J connectivity index is 1.44. The van der Waals surface area contributed by atoms with Crippen molar-refractivity contribution >= 4 is 91.6 Å². The first kappa shape index (κ1) is 38.5. The van der Waals surface area contributed by atoms with Crippen LogP contribution in [0.3, 0.4) is 0 Å². The van der Waals surface area contributed by atoms with E-state index in [9.17, 15) is 0 Å². The topological polar surface area (TPSA) is 57.4 Å². The summed E-state index contributed by atoms with van der Waals surface area (Å²) in [6, 6.07) is 44.1. The Morgan fingerprint density at radius 1 is 0.379 bits per heavy atom. The molecule has 0 aliphatic carbocycles. The Morgan fingerprint density at radius 3 is 1.09 bits per heavy atom. The smallest absolute Gasteiger partial charge is 0.0738 e. The number of nitrogens with zero attached hydrogens (tertiary/aromatic N) is 2. The highest BCUT2D eigenvalue weighted by atomic mass is 127. The molecule has 0 spiro atoms. The zero-order valence-electron chi connectivity index (χ0n) is 33.5. The van der Waals surface area contributed by atoms with Crippen molar-refractivity contribution in [2.75, 3.05) is 0 Å². The minimum absolute atomic E-state index is 0.0339. The van der Waals surface area contributed by atoms with Crippen LogP contribution < -0.4 is 0 Å². The first-order chi connectivity index (χ1) is 27.8. The summed E-state index contributed by atoms with van der Waals surface area (Å²) in [7, 11) is 0. The highest BCUT2D eigenvalue weighted by Gasteiger charge is 2.21. The minimum atomic E-state index is 0.0339. The summed E-state index contributed by atoms with van der Waals surface area (Å²) < 4.78 is 2.33. The second kappa shape index (κ2) is 15.0. The van der Waals surface area contributed by atoms with E-state index in [1.807, 2.05) is 0 Å². The van der Waals surface area contributed by atoms with Crippen LogP contribution in [0, 0.1) is 7.14 Å². The van der Waals surface area contributed by atoms with Gasteiger partial charge >= 0.3 is 0 Å². The van der Waals surface area contributed by atoms with Gasteiger partial charge in [-0.25, -0.2) is 9.97 Å². The van der Waals surface area contributed by atoms with E-state index in [-0.39, 0.29) is 10.8 Å². The molecule has 2 aliphatic heterocycles. The van der Waals surface area contributed by atoms with Gasteiger partial charge in [0.15, 0.2) is 0 Å². The van der Waals surface area contributed by atoms with Crippen LogP contribution in [0.5, 0.6) is 0 Å². The SMILES string of the molecule is CC(C)(C)c1ccc(-c2c3nc(c(-c4cccc(I)c4)c4ccc([nH]4)c(-c4ccc(C(C)(C)C)cc4)c4ccc([nH]4)c(-c4cccc(I)c4)c4nc2C=C4)C=C3)cc1. The molecule has 8 bridgehead atoms. The monoisotopic (exact) mass is 978 g/mol. The van der Waals surface area contributed by atoms with Crippen molar-refractivity contribution in [2.45, 2.75) is 52.4 Å². The van der Waals surface area contributed by atoms with Crippen LogP contribution in [0.4, 0.5) is 0 Å². The maximum atomic E-state index is 5.48. The molecule has 4 nitrogen and oxygen atoms in total. The molecule has 286 valence electrons.